The van der Waals surface area contributed by atoms with Gasteiger partial charge in [0, 0.05) is 17.8 Å². The number of para-hydroxylation sites is 1. The summed E-state index contributed by atoms with van der Waals surface area (Å²) in [5.41, 5.74) is 6.23. The van der Waals surface area contributed by atoms with E-state index in [-0.39, 0.29) is 24.1 Å². The van der Waals surface area contributed by atoms with E-state index in [1.54, 1.807) is 24.3 Å². The van der Waals surface area contributed by atoms with E-state index in [9.17, 15) is 14.4 Å². The molecule has 0 aliphatic rings. The Morgan fingerprint density at radius 2 is 1.62 bits per heavy atom. The van der Waals surface area contributed by atoms with E-state index in [1.165, 1.54) is 29.2 Å². The maximum absolute atomic E-state index is 12.4. The van der Waals surface area contributed by atoms with Gasteiger partial charge in [-0.3, -0.25) is 9.59 Å². The minimum Gasteiger partial charge on any atom is -0.452 e. The van der Waals surface area contributed by atoms with Crippen LogP contribution in [0.2, 0.25) is 0 Å². The van der Waals surface area contributed by atoms with Gasteiger partial charge in [0.05, 0.1) is 18.1 Å². The number of rotatable bonds is 7. The largest absolute Gasteiger partial charge is 0.452 e. The Bertz CT molecular complexity index is 826. The van der Waals surface area contributed by atoms with Crippen LogP contribution in [-0.2, 0) is 9.53 Å². The molecule has 2 rings (SSSR count). The highest BCUT2D eigenvalue weighted by atomic mass is 16.5. The monoisotopic (exact) mass is 351 g/mol. The zero-order chi connectivity index (χ0) is 18.9. The first-order chi connectivity index (χ1) is 12.5. The van der Waals surface area contributed by atoms with Gasteiger partial charge in [-0.15, -0.1) is 0 Å². The first-order valence-corrected chi connectivity index (χ1v) is 7.82. The zero-order valence-electron chi connectivity index (χ0n) is 13.9. The lowest BCUT2D eigenvalue weighted by Gasteiger charge is -2.21. The number of nitrogens with two attached hydrogens (primary N) is 1. The van der Waals surface area contributed by atoms with Crippen LogP contribution in [0.1, 0.15) is 27.1 Å². The number of anilines is 1. The van der Waals surface area contributed by atoms with Crippen LogP contribution < -0.4 is 10.6 Å². The first-order valence-electron chi connectivity index (χ1n) is 7.82. The van der Waals surface area contributed by atoms with E-state index in [2.05, 4.69) is 0 Å². The molecule has 0 atom stereocenters. The summed E-state index contributed by atoms with van der Waals surface area (Å²) in [7, 11) is 0. The second kappa shape index (κ2) is 8.99. The summed E-state index contributed by atoms with van der Waals surface area (Å²) in [4.78, 5) is 36.9. The average Bonchev–Trinajstić information content (AvgIpc) is 2.67. The molecule has 0 radical (unpaired) electrons. The van der Waals surface area contributed by atoms with Crippen molar-refractivity contribution in [1.29, 1.82) is 5.26 Å². The lowest BCUT2D eigenvalue weighted by Crippen LogP contribution is -2.35. The number of hydrogen-bond acceptors (Lipinski definition) is 5. The van der Waals surface area contributed by atoms with Crippen LogP contribution in [0.25, 0.3) is 0 Å². The molecule has 0 saturated heterocycles. The van der Waals surface area contributed by atoms with Crippen molar-refractivity contribution in [3.8, 4) is 6.07 Å². The van der Waals surface area contributed by atoms with Gasteiger partial charge in [0.15, 0.2) is 6.61 Å². The van der Waals surface area contributed by atoms with E-state index < -0.39 is 24.4 Å². The fraction of sp³-hybridized carbons (Fsp3) is 0.158. The number of ether oxygens (including phenoxy) is 1. The van der Waals surface area contributed by atoms with Gasteiger partial charge in [-0.25, -0.2) is 4.79 Å². The highest BCUT2D eigenvalue weighted by Crippen LogP contribution is 2.14. The minimum absolute atomic E-state index is 0.156. The summed E-state index contributed by atoms with van der Waals surface area (Å²) in [5.74, 6) is -1.73. The van der Waals surface area contributed by atoms with Crippen molar-refractivity contribution in [3.63, 3.8) is 0 Å². The van der Waals surface area contributed by atoms with E-state index in [4.69, 9.17) is 15.7 Å². The molecule has 0 unspecified atom stereocenters. The highest BCUT2D eigenvalue weighted by Gasteiger charge is 2.18. The number of nitrogens with zero attached hydrogens (tertiary/aromatic N) is 2. The van der Waals surface area contributed by atoms with Gasteiger partial charge >= 0.3 is 5.97 Å². The second-order valence-corrected chi connectivity index (χ2v) is 5.31. The number of nitriles is 1. The Labute approximate surface area is 150 Å². The standard InChI is InChI=1S/C19H17N3O4/c20-11-4-12-22(16-5-2-1-3-6-16)17(23)13-26-19(25)15-9-7-14(8-10-15)18(21)24/h1-3,5-10H,4,12-13H2,(H2,21,24). The summed E-state index contributed by atoms with van der Waals surface area (Å²) < 4.78 is 5.04. The van der Waals surface area contributed by atoms with Crippen molar-refractivity contribution in [2.24, 2.45) is 5.73 Å². The van der Waals surface area contributed by atoms with Crippen LogP contribution in [0.3, 0.4) is 0 Å². The molecule has 0 aromatic heterocycles. The molecule has 26 heavy (non-hydrogen) atoms. The molecule has 132 valence electrons. The van der Waals surface area contributed by atoms with Crippen LogP contribution in [0.15, 0.2) is 54.6 Å². The van der Waals surface area contributed by atoms with E-state index in [0.717, 1.165) is 0 Å². The Kier molecular flexibility index (Phi) is 6.46. The number of primary amides is 1. The maximum atomic E-state index is 12.4. The van der Waals surface area contributed by atoms with Crippen LogP contribution >= 0.6 is 0 Å². The molecule has 0 spiro atoms. The molecular formula is C19H17N3O4. The third-order valence-corrected chi connectivity index (χ3v) is 3.55. The summed E-state index contributed by atoms with van der Waals surface area (Å²) in [6.45, 7) is -0.263. The summed E-state index contributed by atoms with van der Waals surface area (Å²) >= 11 is 0. The van der Waals surface area contributed by atoms with Crippen molar-refractivity contribution in [3.05, 3.63) is 65.7 Å². The number of benzene rings is 2. The number of carbonyl (C=O) groups is 3. The maximum Gasteiger partial charge on any atom is 0.338 e. The molecule has 0 aliphatic heterocycles. The highest BCUT2D eigenvalue weighted by molar-refractivity contribution is 5.98. The Morgan fingerprint density at radius 3 is 2.19 bits per heavy atom. The Morgan fingerprint density at radius 1 is 1.00 bits per heavy atom. The van der Waals surface area contributed by atoms with Crippen molar-refractivity contribution in [2.45, 2.75) is 6.42 Å². The molecule has 2 aromatic carbocycles. The first kappa shape index (κ1) is 18.7. The molecule has 2 aromatic rings. The van der Waals surface area contributed by atoms with Gasteiger partial charge in [0.1, 0.15) is 0 Å². The molecule has 0 fully saturated rings. The summed E-state index contributed by atoms with van der Waals surface area (Å²) in [5, 5.41) is 8.77. The van der Waals surface area contributed by atoms with E-state index in [1.807, 2.05) is 12.1 Å². The van der Waals surface area contributed by atoms with E-state index >= 15 is 0 Å². The van der Waals surface area contributed by atoms with Gasteiger partial charge in [-0.1, -0.05) is 18.2 Å². The predicted molar refractivity (Wildman–Crippen MR) is 94.3 cm³/mol. The average molecular weight is 351 g/mol. The van der Waals surface area contributed by atoms with Gasteiger partial charge < -0.3 is 15.4 Å². The van der Waals surface area contributed by atoms with Gasteiger partial charge in [0.25, 0.3) is 5.91 Å². The number of amides is 2. The molecule has 0 aliphatic carbocycles. The van der Waals surface area contributed by atoms with E-state index in [0.29, 0.717) is 5.69 Å². The molecular weight excluding hydrogens is 334 g/mol. The Balaban J connectivity index is 2.01. The second-order valence-electron chi connectivity index (χ2n) is 5.31. The third-order valence-electron chi connectivity index (χ3n) is 3.55. The molecule has 0 saturated carbocycles. The van der Waals surface area contributed by atoms with Crippen LogP contribution in [0, 0.1) is 11.3 Å². The quantitative estimate of drug-likeness (QED) is 0.765. The SMILES string of the molecule is N#CCCN(C(=O)COC(=O)c1ccc(C(N)=O)cc1)c1ccccc1. The minimum atomic E-state index is -0.692. The lowest BCUT2D eigenvalue weighted by molar-refractivity contribution is -0.121. The smallest absolute Gasteiger partial charge is 0.338 e. The molecule has 2 amide bonds. The van der Waals surface area contributed by atoms with Crippen molar-refractivity contribution < 1.29 is 19.1 Å². The normalized spacial score (nSPS) is 9.81. The molecule has 2 N–H and O–H groups in total. The van der Waals surface area contributed by atoms with Crippen LogP contribution in [0.5, 0.6) is 0 Å². The molecule has 7 heteroatoms. The summed E-state index contributed by atoms with van der Waals surface area (Å²) in [6, 6.07) is 16.4. The molecule has 0 heterocycles. The number of hydrogen-bond donors (Lipinski definition) is 1. The lowest BCUT2D eigenvalue weighted by atomic mass is 10.1. The van der Waals surface area contributed by atoms with Gasteiger partial charge in [-0.05, 0) is 36.4 Å². The fourth-order valence-corrected chi connectivity index (χ4v) is 2.23. The van der Waals surface area contributed by atoms with Crippen LogP contribution in [-0.4, -0.2) is 30.9 Å². The topological polar surface area (TPSA) is 113 Å². The van der Waals surface area contributed by atoms with Crippen LogP contribution in [0.4, 0.5) is 5.69 Å². The Hall–Kier alpha value is -3.66. The number of carbonyl (C=O) groups excluding carboxylic acids is 3. The summed E-state index contributed by atoms with van der Waals surface area (Å²) in [6.07, 6.45) is 0.156. The van der Waals surface area contributed by atoms with Crippen molar-refractivity contribution in [2.75, 3.05) is 18.1 Å². The predicted octanol–water partition coefficient (Wildman–Crippen LogP) is 1.89. The third kappa shape index (κ3) is 4.92. The molecule has 7 nitrogen and oxygen atoms in total. The van der Waals surface area contributed by atoms with Gasteiger partial charge in [-0.2, -0.15) is 5.26 Å². The number of esters is 1. The van der Waals surface area contributed by atoms with Gasteiger partial charge in [0.2, 0.25) is 5.91 Å². The van der Waals surface area contributed by atoms with Crippen molar-refractivity contribution >= 4 is 23.5 Å². The molecule has 0 bridgehead atoms. The van der Waals surface area contributed by atoms with Crippen molar-refractivity contribution in [1.82, 2.24) is 0 Å². The zero-order valence-corrected chi connectivity index (χ0v) is 13.9. The fourth-order valence-electron chi connectivity index (χ4n) is 2.23.